The molecule has 0 saturated heterocycles. The van der Waals surface area contributed by atoms with Crippen molar-refractivity contribution in [3.8, 4) is 0 Å². The van der Waals surface area contributed by atoms with Gasteiger partial charge in [-0.1, -0.05) is 13.0 Å². The van der Waals surface area contributed by atoms with E-state index >= 15 is 0 Å². The highest BCUT2D eigenvalue weighted by atomic mass is 32.2. The van der Waals surface area contributed by atoms with Gasteiger partial charge < -0.3 is 5.73 Å². The van der Waals surface area contributed by atoms with Crippen LogP contribution in [0.2, 0.25) is 0 Å². The maximum absolute atomic E-state index is 11.3. The van der Waals surface area contributed by atoms with Crippen LogP contribution in [0.3, 0.4) is 0 Å². The summed E-state index contributed by atoms with van der Waals surface area (Å²) >= 11 is 0. The summed E-state index contributed by atoms with van der Waals surface area (Å²) in [5, 5.41) is 0. The molecule has 0 spiro atoms. The Bertz CT molecular complexity index is 457. The topological polar surface area (TPSA) is 73.0 Å². The Kier molecular flexibility index (Phi) is 5.08. The molecule has 0 bridgehead atoms. The molecule has 1 heterocycles. The van der Waals surface area contributed by atoms with Gasteiger partial charge in [0.1, 0.15) is 9.84 Å². The van der Waals surface area contributed by atoms with E-state index in [1.165, 1.54) is 0 Å². The number of pyridine rings is 1. The molecule has 17 heavy (non-hydrogen) atoms. The van der Waals surface area contributed by atoms with E-state index in [-0.39, 0.29) is 17.5 Å². The van der Waals surface area contributed by atoms with Crippen molar-refractivity contribution in [1.82, 2.24) is 4.98 Å². The Labute approximate surface area is 103 Å². The van der Waals surface area contributed by atoms with Gasteiger partial charge in [-0.15, -0.1) is 0 Å². The van der Waals surface area contributed by atoms with Crippen LogP contribution in [0.1, 0.15) is 37.1 Å². The number of hydrogen-bond donors (Lipinski definition) is 1. The molecule has 1 unspecified atom stereocenters. The molecule has 1 atom stereocenters. The monoisotopic (exact) mass is 256 g/mol. The van der Waals surface area contributed by atoms with Crippen LogP contribution in [0, 0.1) is 6.92 Å². The first kappa shape index (κ1) is 14.1. The van der Waals surface area contributed by atoms with Crippen LogP contribution < -0.4 is 5.73 Å². The Hall–Kier alpha value is -0.940. The van der Waals surface area contributed by atoms with Crippen molar-refractivity contribution >= 4 is 9.84 Å². The Morgan fingerprint density at radius 1 is 1.47 bits per heavy atom. The third kappa shape index (κ3) is 4.44. The molecule has 2 N–H and O–H groups in total. The average molecular weight is 256 g/mol. The average Bonchev–Trinajstić information content (AvgIpc) is 2.29. The molecule has 5 heteroatoms. The van der Waals surface area contributed by atoms with Crippen molar-refractivity contribution in [2.75, 3.05) is 11.5 Å². The lowest BCUT2D eigenvalue weighted by molar-refractivity contribution is 0.583. The molecule has 0 saturated carbocycles. The van der Waals surface area contributed by atoms with E-state index in [4.69, 9.17) is 5.73 Å². The van der Waals surface area contributed by atoms with Crippen LogP contribution in [-0.2, 0) is 9.84 Å². The number of rotatable bonds is 6. The molecule has 0 amide bonds. The standard InChI is InChI=1S/C12H20N2O2S/c1-3-17(15,16)9-5-7-12(13)11-6-4-8-14-10(11)2/h4,6,8,12H,3,5,7,9,13H2,1-2H3. The predicted octanol–water partition coefficient (Wildman–Crippen LogP) is 1.60. The van der Waals surface area contributed by atoms with Gasteiger partial charge in [-0.2, -0.15) is 0 Å². The van der Waals surface area contributed by atoms with Gasteiger partial charge in [0.15, 0.2) is 0 Å². The molecule has 1 aromatic heterocycles. The molecule has 96 valence electrons. The molecule has 0 aliphatic heterocycles. The minimum Gasteiger partial charge on any atom is -0.324 e. The second-order valence-electron chi connectivity index (χ2n) is 4.16. The quantitative estimate of drug-likeness (QED) is 0.839. The summed E-state index contributed by atoms with van der Waals surface area (Å²) in [6.07, 6.45) is 3.00. The lowest BCUT2D eigenvalue weighted by Crippen LogP contribution is -2.15. The highest BCUT2D eigenvalue weighted by Crippen LogP contribution is 2.18. The molecule has 4 nitrogen and oxygen atoms in total. The summed E-state index contributed by atoms with van der Waals surface area (Å²) in [7, 11) is -2.88. The summed E-state index contributed by atoms with van der Waals surface area (Å²) < 4.78 is 22.7. The van der Waals surface area contributed by atoms with Crippen LogP contribution in [-0.4, -0.2) is 24.9 Å². The summed E-state index contributed by atoms with van der Waals surface area (Å²) in [4.78, 5) is 4.17. The first-order valence-corrected chi connectivity index (χ1v) is 7.66. The first-order chi connectivity index (χ1) is 7.96. The number of aryl methyl sites for hydroxylation is 1. The van der Waals surface area contributed by atoms with E-state index in [1.54, 1.807) is 13.1 Å². The van der Waals surface area contributed by atoms with Gasteiger partial charge in [0.25, 0.3) is 0 Å². The Morgan fingerprint density at radius 3 is 2.76 bits per heavy atom. The van der Waals surface area contributed by atoms with Crippen LogP contribution >= 0.6 is 0 Å². The zero-order valence-corrected chi connectivity index (χ0v) is 11.2. The number of aromatic nitrogens is 1. The van der Waals surface area contributed by atoms with E-state index < -0.39 is 9.84 Å². The van der Waals surface area contributed by atoms with Crippen molar-refractivity contribution in [2.24, 2.45) is 5.73 Å². The van der Waals surface area contributed by atoms with Gasteiger partial charge in [-0.25, -0.2) is 8.42 Å². The number of nitrogens with zero attached hydrogens (tertiary/aromatic N) is 1. The van der Waals surface area contributed by atoms with Gasteiger partial charge in [-0.3, -0.25) is 4.98 Å². The van der Waals surface area contributed by atoms with Gasteiger partial charge in [0.2, 0.25) is 0 Å². The molecule has 0 radical (unpaired) electrons. The van der Waals surface area contributed by atoms with Gasteiger partial charge >= 0.3 is 0 Å². The number of nitrogens with two attached hydrogens (primary N) is 1. The zero-order chi connectivity index (χ0) is 12.9. The summed E-state index contributed by atoms with van der Waals surface area (Å²) in [5.74, 6) is 0.421. The smallest absolute Gasteiger partial charge is 0.150 e. The Balaban J connectivity index is 2.51. The maximum Gasteiger partial charge on any atom is 0.150 e. The van der Waals surface area contributed by atoms with Crippen molar-refractivity contribution in [1.29, 1.82) is 0 Å². The van der Waals surface area contributed by atoms with Crippen molar-refractivity contribution in [3.63, 3.8) is 0 Å². The molecule has 0 aromatic carbocycles. The lowest BCUT2D eigenvalue weighted by atomic mass is 10.0. The van der Waals surface area contributed by atoms with Gasteiger partial charge in [0.05, 0.1) is 5.75 Å². The van der Waals surface area contributed by atoms with Crippen LogP contribution in [0.15, 0.2) is 18.3 Å². The third-order valence-corrected chi connectivity index (χ3v) is 4.65. The number of sulfone groups is 1. The van der Waals surface area contributed by atoms with E-state index in [0.717, 1.165) is 11.3 Å². The van der Waals surface area contributed by atoms with Crippen LogP contribution in [0.25, 0.3) is 0 Å². The highest BCUT2D eigenvalue weighted by molar-refractivity contribution is 7.91. The maximum atomic E-state index is 11.3. The van der Waals surface area contributed by atoms with Crippen LogP contribution in [0.5, 0.6) is 0 Å². The Morgan fingerprint density at radius 2 is 2.18 bits per heavy atom. The summed E-state index contributed by atoms with van der Waals surface area (Å²) in [6, 6.07) is 3.67. The minimum absolute atomic E-state index is 0.129. The summed E-state index contributed by atoms with van der Waals surface area (Å²) in [5.41, 5.74) is 7.95. The van der Waals surface area contributed by atoms with Crippen LogP contribution in [0.4, 0.5) is 0 Å². The SMILES string of the molecule is CCS(=O)(=O)CCCC(N)c1cccnc1C. The van der Waals surface area contributed by atoms with Gasteiger partial charge in [0, 0.05) is 23.7 Å². The lowest BCUT2D eigenvalue weighted by Gasteiger charge is -2.13. The molecular formula is C12H20N2O2S. The van der Waals surface area contributed by atoms with E-state index in [2.05, 4.69) is 4.98 Å². The second-order valence-corrected chi connectivity index (χ2v) is 6.64. The summed E-state index contributed by atoms with van der Waals surface area (Å²) in [6.45, 7) is 3.58. The molecule has 1 aromatic rings. The normalized spacial score (nSPS) is 13.6. The van der Waals surface area contributed by atoms with E-state index in [9.17, 15) is 8.42 Å². The minimum atomic E-state index is -2.88. The van der Waals surface area contributed by atoms with Crippen molar-refractivity contribution in [3.05, 3.63) is 29.6 Å². The van der Waals surface area contributed by atoms with E-state index in [1.807, 2.05) is 19.1 Å². The first-order valence-electron chi connectivity index (χ1n) is 5.84. The second kappa shape index (κ2) is 6.12. The fourth-order valence-electron chi connectivity index (χ4n) is 1.71. The molecule has 1 rings (SSSR count). The predicted molar refractivity (Wildman–Crippen MR) is 69.5 cm³/mol. The fourth-order valence-corrected chi connectivity index (χ4v) is 2.61. The zero-order valence-electron chi connectivity index (χ0n) is 10.4. The molecule has 0 fully saturated rings. The molecular weight excluding hydrogens is 236 g/mol. The van der Waals surface area contributed by atoms with E-state index in [0.29, 0.717) is 12.8 Å². The fraction of sp³-hybridized carbons (Fsp3) is 0.583. The number of hydrogen-bond acceptors (Lipinski definition) is 4. The largest absolute Gasteiger partial charge is 0.324 e. The third-order valence-electron chi connectivity index (χ3n) is 2.86. The molecule has 0 aliphatic carbocycles. The van der Waals surface area contributed by atoms with Crippen molar-refractivity contribution in [2.45, 2.75) is 32.7 Å². The molecule has 0 aliphatic rings. The highest BCUT2D eigenvalue weighted by Gasteiger charge is 2.12. The van der Waals surface area contributed by atoms with Crippen molar-refractivity contribution < 1.29 is 8.42 Å². The van der Waals surface area contributed by atoms with Gasteiger partial charge in [-0.05, 0) is 31.4 Å².